The minimum absolute atomic E-state index is 0.0519. The van der Waals surface area contributed by atoms with Gasteiger partial charge in [-0.05, 0) is 25.2 Å². The molecule has 0 aromatic carbocycles. The standard InChI is InChI=1S/C12H18O3/c1-2-3-4-5-10-9(8-12(14)15)6-7-11(10)13/h3-4,9-10H,2,5-8H2,1H3,(H,14,15)/b4-3-/t9?,10-/m0/s1/i8+1,12+1. The summed E-state index contributed by atoms with van der Waals surface area (Å²) >= 11 is 0. The van der Waals surface area contributed by atoms with Gasteiger partial charge in [-0.1, -0.05) is 19.1 Å². The molecule has 1 unspecified atom stereocenters. The van der Waals surface area contributed by atoms with Crippen molar-refractivity contribution in [2.75, 3.05) is 0 Å². The van der Waals surface area contributed by atoms with Crippen molar-refractivity contribution < 1.29 is 14.7 Å². The average Bonchev–Trinajstić information content (AvgIpc) is 2.49. The minimum Gasteiger partial charge on any atom is -0.481 e. The Bertz CT molecular complexity index is 268. The van der Waals surface area contributed by atoms with Crippen molar-refractivity contribution in [3.8, 4) is 0 Å². The fourth-order valence-electron chi connectivity index (χ4n) is 2.18. The van der Waals surface area contributed by atoms with Crippen LogP contribution >= 0.6 is 0 Å². The van der Waals surface area contributed by atoms with Gasteiger partial charge >= 0.3 is 5.97 Å². The second-order valence-electron chi connectivity index (χ2n) is 4.08. The highest BCUT2D eigenvalue weighted by Crippen LogP contribution is 2.33. The summed E-state index contributed by atoms with van der Waals surface area (Å²) in [6.07, 6.45) is 7.15. The van der Waals surface area contributed by atoms with E-state index in [-0.39, 0.29) is 24.0 Å². The van der Waals surface area contributed by atoms with Crippen LogP contribution in [-0.4, -0.2) is 16.9 Å². The summed E-state index contributed by atoms with van der Waals surface area (Å²) in [7, 11) is 0. The molecule has 0 spiro atoms. The second kappa shape index (κ2) is 5.69. The number of carboxylic acid groups (broad SMARTS) is 1. The van der Waals surface area contributed by atoms with E-state index in [9.17, 15) is 9.59 Å². The Morgan fingerprint density at radius 1 is 1.53 bits per heavy atom. The Hall–Kier alpha value is -1.12. The van der Waals surface area contributed by atoms with Gasteiger partial charge < -0.3 is 5.11 Å². The van der Waals surface area contributed by atoms with Crippen molar-refractivity contribution >= 4 is 11.8 Å². The lowest BCUT2D eigenvalue weighted by Crippen LogP contribution is -2.17. The van der Waals surface area contributed by atoms with E-state index in [2.05, 4.69) is 0 Å². The van der Waals surface area contributed by atoms with Crippen LogP contribution in [0, 0.1) is 11.8 Å². The molecule has 0 aliphatic heterocycles. The molecule has 1 N–H and O–H groups in total. The van der Waals surface area contributed by atoms with Crippen LogP contribution in [0.4, 0.5) is 0 Å². The van der Waals surface area contributed by atoms with Crippen LogP contribution in [0.2, 0.25) is 0 Å². The summed E-state index contributed by atoms with van der Waals surface area (Å²) in [5.74, 6) is -0.554. The van der Waals surface area contributed by atoms with Crippen LogP contribution < -0.4 is 0 Å². The number of aliphatic carboxylic acids is 1. The maximum atomic E-state index is 11.5. The molecule has 1 aliphatic carbocycles. The van der Waals surface area contributed by atoms with E-state index in [0.29, 0.717) is 12.8 Å². The van der Waals surface area contributed by atoms with Gasteiger partial charge in [-0.2, -0.15) is 0 Å². The zero-order valence-corrected chi connectivity index (χ0v) is 9.11. The van der Waals surface area contributed by atoms with Gasteiger partial charge in [0.1, 0.15) is 5.78 Å². The molecular formula is C12H18O3. The van der Waals surface area contributed by atoms with E-state index < -0.39 is 5.97 Å². The Kier molecular flexibility index (Phi) is 4.53. The number of hydrogen-bond acceptors (Lipinski definition) is 2. The van der Waals surface area contributed by atoms with Gasteiger partial charge in [0.2, 0.25) is 0 Å². The number of carbonyl (C=O) groups is 2. The summed E-state index contributed by atoms with van der Waals surface area (Å²) in [5, 5.41) is 8.72. The van der Waals surface area contributed by atoms with Crippen LogP contribution in [0.5, 0.6) is 0 Å². The van der Waals surface area contributed by atoms with Crippen molar-refractivity contribution in [3.63, 3.8) is 0 Å². The molecule has 0 aromatic rings. The van der Waals surface area contributed by atoms with Crippen molar-refractivity contribution in [2.24, 2.45) is 11.8 Å². The summed E-state index contributed by atoms with van der Waals surface area (Å²) < 4.78 is 0. The van der Waals surface area contributed by atoms with Gasteiger partial charge in [-0.3, -0.25) is 9.59 Å². The van der Waals surface area contributed by atoms with E-state index in [1.807, 2.05) is 19.1 Å². The highest BCUT2D eigenvalue weighted by atomic mass is 16.5. The Morgan fingerprint density at radius 3 is 2.87 bits per heavy atom. The predicted molar refractivity (Wildman–Crippen MR) is 57.5 cm³/mol. The SMILES string of the molecule is CC/C=C\C[C@@H]1C(=O)CCC1[13CH2][13C](=O)O. The number of rotatable bonds is 5. The summed E-state index contributed by atoms with van der Waals surface area (Å²) in [6.45, 7) is 2.04. The van der Waals surface area contributed by atoms with Crippen molar-refractivity contribution in [1.82, 2.24) is 0 Å². The quantitative estimate of drug-likeness (QED) is 0.562. The Balaban J connectivity index is 2.52. The Morgan fingerprint density at radius 2 is 2.27 bits per heavy atom. The molecule has 1 saturated carbocycles. The molecule has 0 radical (unpaired) electrons. The summed E-state index contributed by atoms with van der Waals surface area (Å²) in [6, 6.07) is 0. The van der Waals surface area contributed by atoms with Crippen LogP contribution in [0.1, 0.15) is 39.0 Å². The van der Waals surface area contributed by atoms with Crippen molar-refractivity contribution in [3.05, 3.63) is 12.2 Å². The van der Waals surface area contributed by atoms with Crippen LogP contribution in [0.15, 0.2) is 12.2 Å². The third-order valence-corrected chi connectivity index (χ3v) is 2.97. The third kappa shape index (κ3) is 3.50. The topological polar surface area (TPSA) is 54.4 Å². The van der Waals surface area contributed by atoms with E-state index in [1.165, 1.54) is 0 Å². The number of allylic oxidation sites excluding steroid dienone is 2. The molecule has 3 heteroatoms. The van der Waals surface area contributed by atoms with E-state index in [4.69, 9.17) is 5.11 Å². The molecule has 0 amide bonds. The fourth-order valence-corrected chi connectivity index (χ4v) is 2.18. The van der Waals surface area contributed by atoms with E-state index in [0.717, 1.165) is 12.8 Å². The molecule has 1 aliphatic rings. The van der Waals surface area contributed by atoms with Gasteiger partial charge in [0.15, 0.2) is 0 Å². The smallest absolute Gasteiger partial charge is 0.303 e. The van der Waals surface area contributed by atoms with E-state index >= 15 is 0 Å². The zero-order chi connectivity index (χ0) is 11.3. The van der Waals surface area contributed by atoms with Gasteiger partial charge in [0, 0.05) is 18.8 Å². The molecular weight excluding hydrogens is 194 g/mol. The largest absolute Gasteiger partial charge is 0.481 e. The first-order valence-corrected chi connectivity index (χ1v) is 5.54. The molecule has 0 bridgehead atoms. The lowest BCUT2D eigenvalue weighted by molar-refractivity contribution is -0.138. The first-order chi connectivity index (χ1) is 7.15. The lowest BCUT2D eigenvalue weighted by atomic mass is 9.96. The Labute approximate surface area is 90.2 Å². The molecule has 0 aromatic heterocycles. The number of ketones is 1. The van der Waals surface area contributed by atoms with Gasteiger partial charge in [-0.15, -0.1) is 0 Å². The molecule has 15 heavy (non-hydrogen) atoms. The highest BCUT2D eigenvalue weighted by molar-refractivity contribution is 5.84. The number of hydrogen-bond donors (Lipinski definition) is 1. The van der Waals surface area contributed by atoms with Gasteiger partial charge in [0.05, 0.1) is 0 Å². The summed E-state index contributed by atoms with van der Waals surface area (Å²) in [5.41, 5.74) is 0. The molecule has 3 nitrogen and oxygen atoms in total. The van der Waals surface area contributed by atoms with Crippen molar-refractivity contribution in [1.29, 1.82) is 0 Å². The highest BCUT2D eigenvalue weighted by Gasteiger charge is 2.34. The fraction of sp³-hybridized carbons (Fsp3) is 0.667. The monoisotopic (exact) mass is 212 g/mol. The van der Waals surface area contributed by atoms with E-state index in [1.54, 1.807) is 0 Å². The first-order valence-electron chi connectivity index (χ1n) is 5.54. The first kappa shape index (κ1) is 12.0. The summed E-state index contributed by atoms with van der Waals surface area (Å²) in [4.78, 5) is 22.1. The maximum absolute atomic E-state index is 11.5. The van der Waals surface area contributed by atoms with Crippen LogP contribution in [0.3, 0.4) is 0 Å². The molecule has 84 valence electrons. The molecule has 1 rings (SSSR count). The molecule has 0 saturated heterocycles. The van der Waals surface area contributed by atoms with Gasteiger partial charge in [0.25, 0.3) is 0 Å². The third-order valence-electron chi connectivity index (χ3n) is 2.97. The molecule has 1 fully saturated rings. The van der Waals surface area contributed by atoms with Crippen molar-refractivity contribution in [2.45, 2.75) is 39.0 Å². The average molecular weight is 212 g/mol. The predicted octanol–water partition coefficient (Wildman–Crippen LogP) is 2.41. The number of carbonyl (C=O) groups excluding carboxylic acids is 1. The van der Waals surface area contributed by atoms with Crippen LogP contribution in [-0.2, 0) is 9.59 Å². The normalized spacial score (nSPS) is 26.3. The molecule has 0 heterocycles. The lowest BCUT2D eigenvalue weighted by Gasteiger charge is -2.14. The van der Waals surface area contributed by atoms with Gasteiger partial charge in [-0.25, -0.2) is 0 Å². The number of carboxylic acids is 1. The van der Waals surface area contributed by atoms with Crippen LogP contribution in [0.25, 0.3) is 0 Å². The minimum atomic E-state index is -0.792. The number of Topliss-reactive ketones (excluding diaryl/α,β-unsaturated/α-hetero) is 1. The zero-order valence-electron chi connectivity index (χ0n) is 9.11. The second-order valence-corrected chi connectivity index (χ2v) is 4.08. The molecule has 2 atom stereocenters. The maximum Gasteiger partial charge on any atom is 0.303 e.